The van der Waals surface area contributed by atoms with E-state index in [1.807, 2.05) is 72.8 Å². The maximum atomic E-state index is 13.2. The van der Waals surface area contributed by atoms with E-state index in [-0.39, 0.29) is 17.9 Å². The van der Waals surface area contributed by atoms with Crippen LogP contribution in [0.1, 0.15) is 40.6 Å². The number of anilines is 1. The fraction of sp³-hybridized carbons (Fsp3) is 0.212. The van der Waals surface area contributed by atoms with Gasteiger partial charge in [-0.1, -0.05) is 91.0 Å². The van der Waals surface area contributed by atoms with Crippen LogP contribution in [0, 0.1) is 5.92 Å². The molecule has 39 heavy (non-hydrogen) atoms. The molecule has 0 aromatic heterocycles. The number of benzene rings is 4. The van der Waals surface area contributed by atoms with E-state index in [0.717, 1.165) is 40.1 Å². The molecule has 0 bridgehead atoms. The van der Waals surface area contributed by atoms with Crippen LogP contribution in [0.25, 0.3) is 0 Å². The quantitative estimate of drug-likeness (QED) is 0.236. The fourth-order valence-electron chi connectivity index (χ4n) is 5.71. The van der Waals surface area contributed by atoms with Gasteiger partial charge < -0.3 is 10.1 Å². The molecule has 3 unspecified atom stereocenters. The highest BCUT2D eigenvalue weighted by atomic mass is 32.2. The predicted octanol–water partition coefficient (Wildman–Crippen LogP) is 6.61. The van der Waals surface area contributed by atoms with Crippen molar-refractivity contribution in [2.24, 2.45) is 5.92 Å². The summed E-state index contributed by atoms with van der Waals surface area (Å²) in [6.45, 7) is 0.863. The average molecular weight is 537 g/mol. The molecule has 0 fully saturated rings. The van der Waals surface area contributed by atoms with Crippen molar-refractivity contribution < 1.29 is 13.2 Å². The number of hydrogen-bond acceptors (Lipinski definition) is 4. The molecule has 6 heteroatoms. The Bertz CT molecular complexity index is 1570. The molecule has 0 saturated carbocycles. The van der Waals surface area contributed by atoms with Crippen LogP contribution >= 0.6 is 0 Å². The molecule has 1 heterocycles. The van der Waals surface area contributed by atoms with Gasteiger partial charge in [0.25, 0.3) is 0 Å². The molecular weight excluding hydrogens is 504 g/mol. The highest BCUT2D eigenvalue weighted by molar-refractivity contribution is 7.89. The first kappa shape index (κ1) is 25.4. The Hall–Kier alpha value is -3.87. The van der Waals surface area contributed by atoms with E-state index in [4.69, 9.17) is 4.74 Å². The van der Waals surface area contributed by atoms with Crippen LogP contribution in [0.4, 0.5) is 5.69 Å². The Balaban J connectivity index is 1.22. The summed E-state index contributed by atoms with van der Waals surface area (Å²) >= 11 is 0. The van der Waals surface area contributed by atoms with Crippen molar-refractivity contribution in [1.82, 2.24) is 4.72 Å². The van der Waals surface area contributed by atoms with Crippen molar-refractivity contribution in [3.63, 3.8) is 0 Å². The van der Waals surface area contributed by atoms with E-state index in [1.165, 1.54) is 0 Å². The number of nitrogens with one attached hydrogen (secondary N) is 2. The smallest absolute Gasteiger partial charge is 0.240 e. The summed E-state index contributed by atoms with van der Waals surface area (Å²) in [5.74, 6) is 1.27. The van der Waals surface area contributed by atoms with Gasteiger partial charge in [0.2, 0.25) is 10.0 Å². The van der Waals surface area contributed by atoms with E-state index in [1.54, 1.807) is 6.07 Å². The lowest BCUT2D eigenvalue weighted by Gasteiger charge is -2.38. The van der Waals surface area contributed by atoms with Gasteiger partial charge in [-0.25, -0.2) is 13.1 Å². The third kappa shape index (κ3) is 5.49. The van der Waals surface area contributed by atoms with Crippen molar-refractivity contribution in [2.75, 3.05) is 11.9 Å². The molecule has 6 rings (SSSR count). The molecule has 4 aromatic carbocycles. The van der Waals surface area contributed by atoms with Gasteiger partial charge in [-0.05, 0) is 59.7 Å². The monoisotopic (exact) mass is 536 g/mol. The summed E-state index contributed by atoms with van der Waals surface area (Å²) in [5.41, 5.74) is 5.35. The van der Waals surface area contributed by atoms with Gasteiger partial charge >= 0.3 is 0 Å². The second-order valence-corrected chi connectivity index (χ2v) is 11.9. The zero-order chi connectivity index (χ0) is 26.7. The Morgan fingerprint density at radius 1 is 0.821 bits per heavy atom. The molecule has 1 aliphatic carbocycles. The highest BCUT2D eigenvalue weighted by Crippen LogP contribution is 2.51. The Labute approximate surface area is 230 Å². The van der Waals surface area contributed by atoms with E-state index in [9.17, 15) is 8.42 Å². The van der Waals surface area contributed by atoms with Crippen molar-refractivity contribution >= 4 is 15.7 Å². The van der Waals surface area contributed by atoms with E-state index < -0.39 is 10.0 Å². The summed E-state index contributed by atoms with van der Waals surface area (Å²) in [7, 11) is -3.62. The van der Waals surface area contributed by atoms with Gasteiger partial charge in [0.15, 0.2) is 0 Å². The number of ether oxygens (including phenoxy) is 1. The van der Waals surface area contributed by atoms with Crippen LogP contribution in [0.2, 0.25) is 0 Å². The van der Waals surface area contributed by atoms with Gasteiger partial charge in [-0.15, -0.1) is 0 Å². The summed E-state index contributed by atoms with van der Waals surface area (Å²) in [5, 5.41) is 3.73. The first-order valence-corrected chi connectivity index (χ1v) is 14.9. The maximum absolute atomic E-state index is 13.2. The molecular formula is C33H32N2O3S. The Morgan fingerprint density at radius 2 is 1.54 bits per heavy atom. The molecule has 0 amide bonds. The van der Waals surface area contributed by atoms with E-state index in [2.05, 4.69) is 46.5 Å². The minimum Gasteiger partial charge on any atom is -0.489 e. The highest BCUT2D eigenvalue weighted by Gasteiger charge is 2.39. The SMILES string of the molecule is O=S(=O)(NCCc1ccccc1)c1ccc2c(c1)C1C=CCC1C(c1ccccc1OCc1ccccc1)N2. The maximum Gasteiger partial charge on any atom is 0.240 e. The lowest BCUT2D eigenvalue weighted by molar-refractivity contribution is 0.296. The number of rotatable bonds is 9. The molecule has 2 aliphatic rings. The molecule has 0 radical (unpaired) electrons. The lowest BCUT2D eigenvalue weighted by atomic mass is 9.77. The van der Waals surface area contributed by atoms with Crippen LogP contribution in [0.5, 0.6) is 5.75 Å². The van der Waals surface area contributed by atoms with Crippen molar-refractivity contribution in [3.8, 4) is 5.75 Å². The van der Waals surface area contributed by atoms with E-state index in [0.29, 0.717) is 24.5 Å². The normalized spacial score (nSPS) is 19.6. The second-order valence-electron chi connectivity index (χ2n) is 10.2. The molecule has 0 saturated heterocycles. The van der Waals surface area contributed by atoms with Crippen LogP contribution < -0.4 is 14.8 Å². The number of fused-ring (bicyclic) bond motifs is 3. The van der Waals surface area contributed by atoms with Crippen molar-refractivity contribution in [1.29, 1.82) is 0 Å². The minimum absolute atomic E-state index is 0.0518. The van der Waals surface area contributed by atoms with Crippen molar-refractivity contribution in [3.05, 3.63) is 138 Å². The first-order chi connectivity index (χ1) is 19.1. The number of allylic oxidation sites excluding steroid dienone is 2. The van der Waals surface area contributed by atoms with E-state index >= 15 is 0 Å². The van der Waals surface area contributed by atoms with Gasteiger partial charge in [-0.3, -0.25) is 0 Å². The molecule has 4 aromatic rings. The molecule has 198 valence electrons. The van der Waals surface area contributed by atoms with Crippen LogP contribution in [-0.2, 0) is 23.1 Å². The largest absolute Gasteiger partial charge is 0.489 e. The third-order valence-corrected chi connectivity index (χ3v) is 9.14. The fourth-order valence-corrected chi connectivity index (χ4v) is 6.78. The zero-order valence-corrected chi connectivity index (χ0v) is 22.5. The number of sulfonamides is 1. The average Bonchev–Trinajstić information content (AvgIpc) is 3.47. The second kappa shape index (κ2) is 11.1. The molecule has 3 atom stereocenters. The predicted molar refractivity (Wildman–Crippen MR) is 155 cm³/mol. The Kier molecular flexibility index (Phi) is 7.22. The first-order valence-electron chi connectivity index (χ1n) is 13.4. The number of hydrogen-bond donors (Lipinski definition) is 2. The van der Waals surface area contributed by atoms with Gasteiger partial charge in [0.05, 0.1) is 10.9 Å². The third-order valence-electron chi connectivity index (χ3n) is 7.68. The number of para-hydroxylation sites is 1. The lowest BCUT2D eigenvalue weighted by Crippen LogP contribution is -2.30. The van der Waals surface area contributed by atoms with Gasteiger partial charge in [0, 0.05) is 23.7 Å². The standard InChI is InChI=1S/C33H32N2O3S/c36-39(37,34-21-20-24-10-3-1-4-11-24)26-18-19-31-30(22-26)27-15-9-16-28(27)33(35-31)29-14-7-8-17-32(29)38-23-25-12-5-2-6-13-25/h1-15,17-19,22,27-28,33-35H,16,20-21,23H2. The zero-order valence-electron chi connectivity index (χ0n) is 21.7. The minimum atomic E-state index is -3.62. The van der Waals surface area contributed by atoms with Crippen molar-refractivity contribution in [2.45, 2.75) is 36.3 Å². The summed E-state index contributed by atoms with van der Waals surface area (Å²) in [4.78, 5) is 0.306. The van der Waals surface area contributed by atoms with Crippen LogP contribution in [-0.4, -0.2) is 15.0 Å². The van der Waals surface area contributed by atoms with Gasteiger partial charge in [-0.2, -0.15) is 0 Å². The summed E-state index contributed by atoms with van der Waals surface area (Å²) < 4.78 is 35.4. The van der Waals surface area contributed by atoms with Gasteiger partial charge in [0.1, 0.15) is 12.4 Å². The molecule has 0 spiro atoms. The molecule has 2 N–H and O–H groups in total. The molecule has 5 nitrogen and oxygen atoms in total. The summed E-state index contributed by atoms with van der Waals surface area (Å²) in [6.07, 6.45) is 6.00. The van der Waals surface area contributed by atoms with Crippen LogP contribution in [0.15, 0.2) is 120 Å². The topological polar surface area (TPSA) is 67.4 Å². The summed E-state index contributed by atoms with van der Waals surface area (Å²) in [6, 6.07) is 33.8. The Morgan fingerprint density at radius 3 is 2.33 bits per heavy atom. The molecule has 1 aliphatic heterocycles. The van der Waals surface area contributed by atoms with Crippen LogP contribution in [0.3, 0.4) is 0 Å².